The molecule has 23 heavy (non-hydrogen) atoms. The van der Waals surface area contributed by atoms with Crippen LogP contribution < -0.4 is 10.6 Å². The van der Waals surface area contributed by atoms with Gasteiger partial charge in [0.1, 0.15) is 0 Å². The quantitative estimate of drug-likeness (QED) is 0.643. The van der Waals surface area contributed by atoms with Crippen LogP contribution in [0.3, 0.4) is 0 Å². The molecule has 1 fully saturated rings. The van der Waals surface area contributed by atoms with Crippen molar-refractivity contribution < 1.29 is 10.1 Å². The minimum Gasteiger partial charge on any atom is -0.349 e. The van der Waals surface area contributed by atoms with Crippen molar-refractivity contribution in [2.75, 3.05) is 5.75 Å². The number of nitrogens with one attached hydrogen (secondary N) is 1. The standard InChI is InChI=1S/C19H28N2OS/c1-6-11-23-16-10-8-7-9-15(16)17(22)20-14-12-18(2,3)21-19(4,5)13-14/h6-10,14,21H,1,11-13H2,2-5H3,(H,20,22)/p+1. The summed E-state index contributed by atoms with van der Waals surface area (Å²) in [7, 11) is 0. The molecule has 1 aliphatic heterocycles. The first-order valence-electron chi connectivity index (χ1n) is 8.23. The van der Waals surface area contributed by atoms with Gasteiger partial charge in [-0.1, -0.05) is 18.2 Å². The third-order valence-corrected chi connectivity index (χ3v) is 5.22. The molecule has 3 N–H and O–H groups in total. The van der Waals surface area contributed by atoms with Gasteiger partial charge in [-0.3, -0.25) is 4.79 Å². The van der Waals surface area contributed by atoms with Crippen LogP contribution in [0.4, 0.5) is 0 Å². The Balaban J connectivity index is 2.11. The first kappa shape index (κ1) is 18.1. The van der Waals surface area contributed by atoms with Crippen LogP contribution in [0, 0.1) is 0 Å². The van der Waals surface area contributed by atoms with E-state index in [9.17, 15) is 4.79 Å². The summed E-state index contributed by atoms with van der Waals surface area (Å²) in [5, 5.41) is 5.69. The Morgan fingerprint density at radius 1 is 1.30 bits per heavy atom. The lowest BCUT2D eigenvalue weighted by molar-refractivity contribution is -0.787. The Labute approximate surface area is 144 Å². The first-order valence-corrected chi connectivity index (χ1v) is 9.22. The summed E-state index contributed by atoms with van der Waals surface area (Å²) in [6.45, 7) is 12.8. The van der Waals surface area contributed by atoms with Gasteiger partial charge in [-0.15, -0.1) is 18.3 Å². The second-order valence-electron chi connectivity index (χ2n) is 7.80. The summed E-state index contributed by atoms with van der Waals surface area (Å²) in [5.41, 5.74) is 1.07. The number of rotatable bonds is 5. The van der Waals surface area contributed by atoms with E-state index >= 15 is 0 Å². The largest absolute Gasteiger partial charge is 0.349 e. The van der Waals surface area contributed by atoms with Crippen LogP contribution in [-0.2, 0) is 0 Å². The van der Waals surface area contributed by atoms with Crippen molar-refractivity contribution in [1.29, 1.82) is 0 Å². The topological polar surface area (TPSA) is 45.7 Å². The minimum absolute atomic E-state index is 0.0377. The predicted octanol–water partition coefficient (Wildman–Crippen LogP) is 2.98. The summed E-state index contributed by atoms with van der Waals surface area (Å²) in [4.78, 5) is 13.8. The van der Waals surface area contributed by atoms with Crippen LogP contribution in [0.5, 0.6) is 0 Å². The minimum atomic E-state index is 0.0377. The Hall–Kier alpha value is -1.26. The van der Waals surface area contributed by atoms with Gasteiger partial charge in [-0.05, 0) is 39.8 Å². The zero-order chi connectivity index (χ0) is 17.1. The van der Waals surface area contributed by atoms with Crippen molar-refractivity contribution >= 4 is 17.7 Å². The fourth-order valence-corrected chi connectivity index (χ4v) is 4.60. The van der Waals surface area contributed by atoms with Crippen molar-refractivity contribution in [3.63, 3.8) is 0 Å². The number of hydrogen-bond donors (Lipinski definition) is 2. The maximum atomic E-state index is 12.8. The van der Waals surface area contributed by atoms with Crippen molar-refractivity contribution in [1.82, 2.24) is 5.32 Å². The van der Waals surface area contributed by atoms with Crippen LogP contribution >= 0.6 is 11.8 Å². The van der Waals surface area contributed by atoms with Gasteiger partial charge < -0.3 is 10.6 Å². The zero-order valence-corrected chi connectivity index (χ0v) is 15.5. The average molecular weight is 334 g/mol. The van der Waals surface area contributed by atoms with E-state index in [-0.39, 0.29) is 23.0 Å². The van der Waals surface area contributed by atoms with Crippen molar-refractivity contribution in [2.24, 2.45) is 0 Å². The lowest BCUT2D eigenvalue weighted by atomic mass is 9.79. The Kier molecular flexibility index (Phi) is 5.58. The highest BCUT2D eigenvalue weighted by Crippen LogP contribution is 2.25. The van der Waals surface area contributed by atoms with Crippen LogP contribution in [0.1, 0.15) is 50.9 Å². The van der Waals surface area contributed by atoms with E-state index in [4.69, 9.17) is 0 Å². The second-order valence-corrected chi connectivity index (χ2v) is 8.86. The van der Waals surface area contributed by atoms with Crippen LogP contribution in [0.25, 0.3) is 0 Å². The molecule has 0 aromatic heterocycles. The smallest absolute Gasteiger partial charge is 0.252 e. The molecule has 1 saturated heterocycles. The van der Waals surface area contributed by atoms with E-state index in [1.165, 1.54) is 0 Å². The lowest BCUT2D eigenvalue weighted by Crippen LogP contribution is -3.06. The number of carbonyl (C=O) groups excluding carboxylic acids is 1. The number of benzene rings is 1. The molecular weight excluding hydrogens is 304 g/mol. The van der Waals surface area contributed by atoms with Gasteiger partial charge in [0.05, 0.1) is 16.6 Å². The van der Waals surface area contributed by atoms with Gasteiger partial charge in [0, 0.05) is 29.5 Å². The van der Waals surface area contributed by atoms with Crippen molar-refractivity contribution in [3.8, 4) is 0 Å². The van der Waals surface area contributed by atoms with Gasteiger partial charge >= 0.3 is 0 Å². The molecule has 4 heteroatoms. The number of carbonyl (C=O) groups is 1. The molecule has 126 valence electrons. The van der Waals surface area contributed by atoms with E-state index in [1.54, 1.807) is 11.8 Å². The predicted molar refractivity (Wildman–Crippen MR) is 97.9 cm³/mol. The first-order chi connectivity index (χ1) is 10.7. The highest BCUT2D eigenvalue weighted by atomic mass is 32.2. The van der Waals surface area contributed by atoms with E-state index < -0.39 is 0 Å². The molecule has 0 aliphatic carbocycles. The van der Waals surface area contributed by atoms with Gasteiger partial charge in [-0.25, -0.2) is 0 Å². The molecule has 0 saturated carbocycles. The number of nitrogens with two attached hydrogens (primary N) is 1. The maximum Gasteiger partial charge on any atom is 0.252 e. The fourth-order valence-electron chi connectivity index (χ4n) is 3.81. The van der Waals surface area contributed by atoms with E-state index in [2.05, 4.69) is 44.9 Å². The van der Waals surface area contributed by atoms with E-state index in [1.807, 2.05) is 30.3 Å². The van der Waals surface area contributed by atoms with E-state index in [0.29, 0.717) is 0 Å². The Morgan fingerprint density at radius 3 is 2.52 bits per heavy atom. The molecular formula is C19H29N2OS+. The third kappa shape index (κ3) is 5.11. The molecule has 1 heterocycles. The average Bonchev–Trinajstić information content (AvgIpc) is 2.41. The number of hydrogen-bond acceptors (Lipinski definition) is 2. The third-order valence-electron chi connectivity index (χ3n) is 4.15. The molecule has 1 amide bonds. The number of piperidine rings is 1. The summed E-state index contributed by atoms with van der Waals surface area (Å²) in [5.74, 6) is 0.846. The maximum absolute atomic E-state index is 12.8. The zero-order valence-electron chi connectivity index (χ0n) is 14.7. The highest BCUT2D eigenvalue weighted by Gasteiger charge is 2.42. The monoisotopic (exact) mass is 333 g/mol. The molecule has 0 atom stereocenters. The van der Waals surface area contributed by atoms with Crippen molar-refractivity contribution in [3.05, 3.63) is 42.5 Å². The molecule has 3 nitrogen and oxygen atoms in total. The van der Waals surface area contributed by atoms with Crippen LogP contribution in [-0.4, -0.2) is 28.8 Å². The fraction of sp³-hybridized carbons (Fsp3) is 0.526. The summed E-state index contributed by atoms with van der Waals surface area (Å²) in [6, 6.07) is 8.03. The van der Waals surface area contributed by atoms with E-state index in [0.717, 1.165) is 29.1 Å². The number of thioether (sulfide) groups is 1. The Morgan fingerprint density at radius 2 is 1.91 bits per heavy atom. The van der Waals surface area contributed by atoms with Crippen molar-refractivity contribution in [2.45, 2.75) is 62.6 Å². The molecule has 1 aromatic carbocycles. The van der Waals surface area contributed by atoms with Crippen LogP contribution in [0.2, 0.25) is 0 Å². The second kappa shape index (κ2) is 7.10. The van der Waals surface area contributed by atoms with Gasteiger partial charge in [0.15, 0.2) is 0 Å². The molecule has 0 unspecified atom stereocenters. The lowest BCUT2D eigenvalue weighted by Gasteiger charge is -2.43. The SMILES string of the molecule is C=CCSc1ccccc1C(=O)NC1CC(C)(C)[NH2+]C(C)(C)C1. The molecule has 0 radical (unpaired) electrons. The normalized spacial score (nSPS) is 20.0. The summed E-state index contributed by atoms with van der Waals surface area (Å²) in [6.07, 6.45) is 3.84. The Bertz CT molecular complexity index is 564. The number of amides is 1. The van der Waals surface area contributed by atoms with Gasteiger partial charge in [0.25, 0.3) is 5.91 Å². The molecule has 1 aliphatic rings. The molecule has 0 bridgehead atoms. The summed E-state index contributed by atoms with van der Waals surface area (Å²) < 4.78 is 0. The molecule has 0 spiro atoms. The molecule has 1 aromatic rings. The summed E-state index contributed by atoms with van der Waals surface area (Å²) >= 11 is 1.65. The molecule has 2 rings (SSSR count). The van der Waals surface area contributed by atoms with Gasteiger partial charge in [0.2, 0.25) is 0 Å². The van der Waals surface area contributed by atoms with Gasteiger partial charge in [-0.2, -0.15) is 0 Å². The highest BCUT2D eigenvalue weighted by molar-refractivity contribution is 7.99. The van der Waals surface area contributed by atoms with Crippen LogP contribution in [0.15, 0.2) is 41.8 Å². The number of quaternary nitrogens is 1.